The first kappa shape index (κ1) is 35.3. The number of hydrogen-bond donors (Lipinski definition) is 3. The molecule has 10 nitrogen and oxygen atoms in total. The summed E-state index contributed by atoms with van der Waals surface area (Å²) in [5, 5.41) is 3.43. The van der Waals surface area contributed by atoms with Gasteiger partial charge in [0.1, 0.15) is 16.4 Å². The number of rotatable bonds is 9. The molecule has 5 rings (SSSR count). The molecule has 1 aliphatic carbocycles. The Morgan fingerprint density at radius 3 is 1.69 bits per heavy atom. The monoisotopic (exact) mass is 700 g/mol. The highest BCUT2D eigenvalue weighted by Gasteiger charge is 2.25. The molecule has 0 bridgehead atoms. The highest BCUT2D eigenvalue weighted by molar-refractivity contribution is 7.86. The first-order valence-corrected chi connectivity index (χ1v) is 17.9. The number of benzene rings is 4. The van der Waals surface area contributed by atoms with Gasteiger partial charge in [-0.05, 0) is 127 Å². The summed E-state index contributed by atoms with van der Waals surface area (Å²) in [7, 11) is -6.51. The molecule has 254 valence electrons. The van der Waals surface area contributed by atoms with Gasteiger partial charge in [0.15, 0.2) is 0 Å². The fourth-order valence-electron chi connectivity index (χ4n) is 5.71. The quantitative estimate of drug-likeness (QED) is 0.148. The Kier molecular flexibility index (Phi) is 9.97. The lowest BCUT2D eigenvalue weighted by molar-refractivity contribution is 0.414. The number of ether oxygens (including phenoxy) is 2. The zero-order valence-electron chi connectivity index (χ0n) is 27.8. The smallest absolute Gasteiger partial charge is 0.295 e. The van der Waals surface area contributed by atoms with E-state index in [0.717, 1.165) is 62.9 Å². The largest absolute Gasteiger partial charge is 0.497 e. The number of nitrogens with one attached hydrogen (secondary N) is 1. The Bertz CT molecular complexity index is 2240. The molecule has 4 aromatic carbocycles. The highest BCUT2D eigenvalue weighted by Crippen LogP contribution is 2.37. The lowest BCUT2D eigenvalue weighted by atomic mass is 9.90. The minimum absolute atomic E-state index is 0.0315. The highest BCUT2D eigenvalue weighted by atomic mass is 32.2. The van der Waals surface area contributed by atoms with Crippen LogP contribution in [0.5, 0.6) is 11.5 Å². The first-order valence-electron chi connectivity index (χ1n) is 15.1. The minimum atomic E-state index is -4.95. The van der Waals surface area contributed by atoms with Gasteiger partial charge in [-0.25, -0.2) is 4.99 Å². The number of allylic oxidation sites excluding steroid dienone is 5. The molecule has 0 spiro atoms. The van der Waals surface area contributed by atoms with Gasteiger partial charge in [0.25, 0.3) is 20.2 Å². The Balaban J connectivity index is 1.64. The molecule has 12 heteroatoms. The number of nitrogens with zero attached hydrogens (tertiary/aromatic N) is 1. The molecule has 3 N–H and O–H groups in total. The zero-order valence-corrected chi connectivity index (χ0v) is 29.4. The van der Waals surface area contributed by atoms with Crippen LogP contribution in [0.25, 0.3) is 5.57 Å². The van der Waals surface area contributed by atoms with Crippen LogP contribution in [-0.4, -0.2) is 45.9 Å². The zero-order chi connectivity index (χ0) is 35.7. The van der Waals surface area contributed by atoms with Crippen LogP contribution in [0.15, 0.2) is 111 Å². The fourth-order valence-corrected chi connectivity index (χ4v) is 7.01. The Morgan fingerprint density at radius 2 is 1.20 bits per heavy atom. The molecule has 0 radical (unpaired) electrons. The topological polar surface area (TPSA) is 152 Å². The summed E-state index contributed by atoms with van der Waals surface area (Å²) < 4.78 is 79.8. The number of aryl methyl sites for hydroxylation is 4. The number of hydrogen-bond acceptors (Lipinski definition) is 8. The predicted octanol–water partition coefficient (Wildman–Crippen LogP) is 7.88. The van der Waals surface area contributed by atoms with Crippen LogP contribution in [0.4, 0.5) is 17.1 Å². The van der Waals surface area contributed by atoms with Crippen molar-refractivity contribution in [1.82, 2.24) is 0 Å². The molecule has 0 saturated carbocycles. The van der Waals surface area contributed by atoms with Gasteiger partial charge in [0.2, 0.25) is 0 Å². The second-order valence-corrected chi connectivity index (χ2v) is 14.4. The van der Waals surface area contributed by atoms with Gasteiger partial charge in [-0.2, -0.15) is 16.8 Å². The number of aliphatic imine (C=N–C) groups is 1. The molecule has 0 amide bonds. The molecule has 0 atom stereocenters. The summed E-state index contributed by atoms with van der Waals surface area (Å²) in [5.74, 6) is 1.48. The third-order valence-electron chi connectivity index (χ3n) is 8.08. The molecule has 4 aromatic rings. The van der Waals surface area contributed by atoms with E-state index >= 15 is 0 Å². The lowest BCUT2D eigenvalue weighted by Crippen LogP contribution is -2.08. The first-order chi connectivity index (χ1) is 23.1. The molecule has 0 aliphatic heterocycles. The SMILES string of the molecule is COc1cc(C)c(N=C2C=CC(=C(c3ccc(Nc4c(C)cc(OC)cc4C)cc3)c3ccc(S(=O)(=O)O)cc3S(=O)(=O)O)C=C2)c(C)c1. The van der Waals surface area contributed by atoms with Gasteiger partial charge < -0.3 is 14.8 Å². The summed E-state index contributed by atoms with van der Waals surface area (Å²) in [5.41, 5.74) is 8.48. The van der Waals surface area contributed by atoms with E-state index in [1.807, 2.05) is 64.1 Å². The van der Waals surface area contributed by atoms with E-state index in [1.165, 1.54) is 6.07 Å². The van der Waals surface area contributed by atoms with E-state index in [9.17, 15) is 25.9 Å². The van der Waals surface area contributed by atoms with Crippen molar-refractivity contribution in [2.45, 2.75) is 37.5 Å². The van der Waals surface area contributed by atoms with Crippen molar-refractivity contribution < 1.29 is 35.4 Å². The average molecular weight is 701 g/mol. The van der Waals surface area contributed by atoms with E-state index in [-0.39, 0.29) is 5.56 Å². The van der Waals surface area contributed by atoms with Crippen molar-refractivity contribution in [3.05, 3.63) is 130 Å². The van der Waals surface area contributed by atoms with E-state index in [0.29, 0.717) is 22.4 Å². The maximum Gasteiger partial charge on any atom is 0.295 e. The van der Waals surface area contributed by atoms with Gasteiger partial charge in [-0.3, -0.25) is 9.11 Å². The third-order valence-corrected chi connectivity index (χ3v) is 9.82. The molecule has 0 aromatic heterocycles. The van der Waals surface area contributed by atoms with Crippen LogP contribution in [0.2, 0.25) is 0 Å². The van der Waals surface area contributed by atoms with Crippen LogP contribution in [0.1, 0.15) is 33.4 Å². The van der Waals surface area contributed by atoms with Crippen molar-refractivity contribution >= 4 is 48.6 Å². The Labute approximate surface area is 286 Å². The van der Waals surface area contributed by atoms with Crippen molar-refractivity contribution in [2.24, 2.45) is 4.99 Å². The van der Waals surface area contributed by atoms with Crippen LogP contribution in [0.3, 0.4) is 0 Å². The fraction of sp³-hybridized carbons (Fsp3) is 0.162. The van der Waals surface area contributed by atoms with Gasteiger partial charge >= 0.3 is 0 Å². The predicted molar refractivity (Wildman–Crippen MR) is 192 cm³/mol. The van der Waals surface area contributed by atoms with E-state index in [4.69, 9.17) is 14.5 Å². The summed E-state index contributed by atoms with van der Waals surface area (Å²) in [6.45, 7) is 7.83. The standard InChI is InChI=1S/C37H36N2O8S2/c1-22-17-30(46-5)18-23(2)36(22)38-28-11-7-26(8-12-28)35(33-16-15-32(48(40,41)42)21-34(33)49(43,44)45)27-9-13-29(14-10-27)39-37-24(3)19-31(47-6)20-25(37)4/h7-21,38H,1-6H3,(H,40,41,42)(H,43,44,45). The molecule has 0 heterocycles. The van der Waals surface area contributed by atoms with Crippen molar-refractivity contribution in [1.29, 1.82) is 0 Å². The summed E-state index contributed by atoms with van der Waals surface area (Å²) in [4.78, 5) is 3.47. The van der Waals surface area contributed by atoms with E-state index < -0.39 is 30.0 Å². The van der Waals surface area contributed by atoms with Crippen molar-refractivity contribution in [2.75, 3.05) is 19.5 Å². The van der Waals surface area contributed by atoms with Crippen LogP contribution < -0.4 is 14.8 Å². The molecular formula is C37H36N2O8S2. The van der Waals surface area contributed by atoms with Crippen molar-refractivity contribution in [3.63, 3.8) is 0 Å². The molecule has 0 unspecified atom stereocenters. The van der Waals surface area contributed by atoms with Gasteiger partial charge in [0.05, 0.1) is 30.5 Å². The molecule has 0 saturated heterocycles. The molecule has 0 fully saturated rings. The summed E-state index contributed by atoms with van der Waals surface area (Å²) in [6, 6.07) is 18.0. The van der Waals surface area contributed by atoms with E-state index in [2.05, 4.69) is 5.32 Å². The van der Waals surface area contributed by atoms with E-state index in [1.54, 1.807) is 50.7 Å². The second kappa shape index (κ2) is 13.8. The van der Waals surface area contributed by atoms with Gasteiger partial charge in [-0.15, -0.1) is 0 Å². The molecule has 1 aliphatic rings. The third kappa shape index (κ3) is 7.84. The average Bonchev–Trinajstić information content (AvgIpc) is 3.04. The van der Waals surface area contributed by atoms with Crippen LogP contribution in [0, 0.1) is 27.7 Å². The minimum Gasteiger partial charge on any atom is -0.497 e. The Hall–Kier alpha value is -5.01. The van der Waals surface area contributed by atoms with Crippen LogP contribution >= 0.6 is 0 Å². The second-order valence-electron chi connectivity index (χ2n) is 11.6. The number of methoxy groups -OCH3 is 2. The van der Waals surface area contributed by atoms with Gasteiger partial charge in [0, 0.05) is 16.9 Å². The Morgan fingerprint density at radius 1 is 0.673 bits per heavy atom. The summed E-state index contributed by atoms with van der Waals surface area (Å²) >= 11 is 0. The van der Waals surface area contributed by atoms with Crippen molar-refractivity contribution in [3.8, 4) is 11.5 Å². The van der Waals surface area contributed by atoms with Gasteiger partial charge in [-0.1, -0.05) is 30.4 Å². The summed E-state index contributed by atoms with van der Waals surface area (Å²) in [6.07, 6.45) is 7.10. The molecular weight excluding hydrogens is 665 g/mol. The number of anilines is 2. The maximum atomic E-state index is 12.7. The maximum absolute atomic E-state index is 12.7. The normalized spacial score (nSPS) is 13.0. The lowest BCUT2D eigenvalue weighted by Gasteiger charge is -2.18. The van der Waals surface area contributed by atoms with Crippen LogP contribution in [-0.2, 0) is 20.2 Å². The molecule has 49 heavy (non-hydrogen) atoms.